The molecule has 2 saturated heterocycles. The first kappa shape index (κ1) is 16.3. The second-order valence-corrected chi connectivity index (χ2v) is 6.20. The molecule has 2 rings (SSSR count). The van der Waals surface area contributed by atoms with Crippen LogP contribution in [0.2, 0.25) is 0 Å². The quantitative estimate of drug-likeness (QED) is 0.840. The number of hydrogen-bond acceptors (Lipinski definition) is 3. The van der Waals surface area contributed by atoms with Crippen molar-refractivity contribution in [3.8, 4) is 0 Å². The molecule has 0 radical (unpaired) electrons. The Kier molecular flexibility index (Phi) is 5.25. The molecule has 2 aliphatic heterocycles. The zero-order valence-electron chi connectivity index (χ0n) is 13.5. The molecule has 0 spiro atoms. The maximum atomic E-state index is 12.9. The fraction of sp³-hybridized carbons (Fsp3) is 0.875. The smallest absolute Gasteiger partial charge is 0.248 e. The van der Waals surface area contributed by atoms with Gasteiger partial charge in [0.1, 0.15) is 5.54 Å². The van der Waals surface area contributed by atoms with Crippen molar-refractivity contribution in [1.29, 1.82) is 0 Å². The monoisotopic (exact) mass is 296 g/mol. The van der Waals surface area contributed by atoms with Gasteiger partial charge in [-0.1, -0.05) is 20.8 Å². The van der Waals surface area contributed by atoms with Gasteiger partial charge in [0.05, 0.1) is 6.10 Å². The van der Waals surface area contributed by atoms with Crippen molar-refractivity contribution >= 4 is 11.8 Å². The molecule has 2 fully saturated rings. The third-order valence-electron chi connectivity index (χ3n) is 5.09. The van der Waals surface area contributed by atoms with Gasteiger partial charge in [-0.25, -0.2) is 0 Å². The summed E-state index contributed by atoms with van der Waals surface area (Å²) in [5, 5.41) is 2.96. The average Bonchev–Trinajstić information content (AvgIpc) is 2.90. The van der Waals surface area contributed by atoms with E-state index in [4.69, 9.17) is 4.74 Å². The van der Waals surface area contributed by atoms with Crippen molar-refractivity contribution in [2.45, 2.75) is 64.5 Å². The van der Waals surface area contributed by atoms with Gasteiger partial charge >= 0.3 is 0 Å². The maximum absolute atomic E-state index is 12.9. The molecule has 120 valence electrons. The van der Waals surface area contributed by atoms with Crippen molar-refractivity contribution in [3.05, 3.63) is 0 Å². The molecule has 21 heavy (non-hydrogen) atoms. The molecular formula is C16H28N2O3. The van der Waals surface area contributed by atoms with Crippen molar-refractivity contribution in [1.82, 2.24) is 10.2 Å². The summed E-state index contributed by atoms with van der Waals surface area (Å²) in [5.74, 6) is 0.475. The maximum Gasteiger partial charge on any atom is 0.248 e. The molecule has 5 heteroatoms. The highest BCUT2D eigenvalue weighted by Crippen LogP contribution is 2.27. The van der Waals surface area contributed by atoms with Crippen LogP contribution in [0.5, 0.6) is 0 Å². The minimum atomic E-state index is -0.714. The van der Waals surface area contributed by atoms with E-state index in [0.717, 1.165) is 19.4 Å². The summed E-state index contributed by atoms with van der Waals surface area (Å²) >= 11 is 0. The molecule has 2 heterocycles. The molecule has 2 amide bonds. The van der Waals surface area contributed by atoms with Gasteiger partial charge in [-0.2, -0.15) is 0 Å². The van der Waals surface area contributed by atoms with E-state index in [1.54, 1.807) is 0 Å². The molecule has 0 aromatic rings. The topological polar surface area (TPSA) is 58.6 Å². The molecule has 0 bridgehead atoms. The van der Waals surface area contributed by atoms with E-state index in [-0.39, 0.29) is 17.9 Å². The summed E-state index contributed by atoms with van der Waals surface area (Å²) in [4.78, 5) is 26.8. The lowest BCUT2D eigenvalue weighted by Crippen LogP contribution is -2.57. The van der Waals surface area contributed by atoms with Crippen LogP contribution in [0.1, 0.15) is 52.9 Å². The first-order chi connectivity index (χ1) is 10.1. The Hall–Kier alpha value is -1.10. The highest BCUT2D eigenvalue weighted by atomic mass is 16.5. The van der Waals surface area contributed by atoms with E-state index < -0.39 is 5.54 Å². The molecular weight excluding hydrogens is 268 g/mol. The number of hydrogen-bond donors (Lipinski definition) is 1. The molecule has 1 N–H and O–H groups in total. The standard InChI is InChI=1S/C16H28N2O3/c1-4-13-12(8-10-21-13)11-18-9-7-14(19)17-16(5-2,6-3)15(18)20/h12-13H,4-11H2,1-3H3,(H,17,19). The van der Waals surface area contributed by atoms with Crippen LogP contribution in [0, 0.1) is 5.92 Å². The van der Waals surface area contributed by atoms with E-state index in [2.05, 4.69) is 12.2 Å². The fourth-order valence-corrected chi connectivity index (χ4v) is 3.56. The minimum Gasteiger partial charge on any atom is -0.378 e. The zero-order chi connectivity index (χ0) is 15.5. The minimum absolute atomic E-state index is 0.00994. The highest BCUT2D eigenvalue weighted by molar-refractivity contribution is 5.93. The Labute approximate surface area is 127 Å². The van der Waals surface area contributed by atoms with Crippen molar-refractivity contribution < 1.29 is 14.3 Å². The average molecular weight is 296 g/mol. The van der Waals surface area contributed by atoms with Crippen molar-refractivity contribution in [2.75, 3.05) is 19.7 Å². The summed E-state index contributed by atoms with van der Waals surface area (Å²) in [7, 11) is 0. The first-order valence-electron chi connectivity index (χ1n) is 8.28. The Morgan fingerprint density at radius 3 is 2.62 bits per heavy atom. The van der Waals surface area contributed by atoms with Crippen molar-refractivity contribution in [3.63, 3.8) is 0 Å². The van der Waals surface area contributed by atoms with E-state index in [9.17, 15) is 9.59 Å². The van der Waals surface area contributed by atoms with Gasteiger partial charge in [-0.3, -0.25) is 9.59 Å². The van der Waals surface area contributed by atoms with Gasteiger partial charge in [-0.15, -0.1) is 0 Å². The summed E-state index contributed by atoms with van der Waals surface area (Å²) in [5.41, 5.74) is -0.714. The van der Waals surface area contributed by atoms with Gasteiger partial charge in [0.2, 0.25) is 11.8 Å². The van der Waals surface area contributed by atoms with Gasteiger partial charge < -0.3 is 15.0 Å². The van der Waals surface area contributed by atoms with Crippen LogP contribution in [0.4, 0.5) is 0 Å². The number of nitrogens with zero attached hydrogens (tertiary/aromatic N) is 1. The molecule has 0 aliphatic carbocycles. The molecule has 0 aromatic carbocycles. The van der Waals surface area contributed by atoms with Gasteiger partial charge in [0, 0.05) is 32.0 Å². The Balaban J connectivity index is 2.14. The van der Waals surface area contributed by atoms with Crippen LogP contribution in [0.3, 0.4) is 0 Å². The normalized spacial score (nSPS) is 29.4. The van der Waals surface area contributed by atoms with E-state index in [1.807, 2.05) is 18.7 Å². The molecule has 5 nitrogen and oxygen atoms in total. The fourth-order valence-electron chi connectivity index (χ4n) is 3.56. The predicted octanol–water partition coefficient (Wildman–Crippen LogP) is 1.71. The van der Waals surface area contributed by atoms with Crippen molar-refractivity contribution in [2.24, 2.45) is 5.92 Å². The van der Waals surface area contributed by atoms with Crippen LogP contribution < -0.4 is 5.32 Å². The Bertz CT molecular complexity index is 393. The number of rotatable bonds is 5. The first-order valence-corrected chi connectivity index (χ1v) is 8.28. The molecule has 0 saturated carbocycles. The molecule has 2 unspecified atom stereocenters. The molecule has 2 aliphatic rings. The SMILES string of the molecule is CCC1OCCC1CN1CCC(=O)NC(CC)(CC)C1=O. The van der Waals surface area contributed by atoms with Crippen LogP contribution >= 0.6 is 0 Å². The number of ether oxygens (including phenoxy) is 1. The van der Waals surface area contributed by atoms with E-state index in [0.29, 0.717) is 38.3 Å². The van der Waals surface area contributed by atoms with Gasteiger partial charge in [-0.05, 0) is 25.7 Å². The lowest BCUT2D eigenvalue weighted by molar-refractivity contribution is -0.140. The second-order valence-electron chi connectivity index (χ2n) is 6.20. The second kappa shape index (κ2) is 6.77. The third-order valence-corrected chi connectivity index (χ3v) is 5.09. The molecule has 2 atom stereocenters. The summed E-state index contributed by atoms with van der Waals surface area (Å²) in [6.45, 7) is 8.10. The van der Waals surface area contributed by atoms with E-state index in [1.165, 1.54) is 0 Å². The Morgan fingerprint density at radius 2 is 2.00 bits per heavy atom. The number of amides is 2. The Morgan fingerprint density at radius 1 is 1.29 bits per heavy atom. The highest BCUT2D eigenvalue weighted by Gasteiger charge is 2.43. The van der Waals surface area contributed by atoms with E-state index >= 15 is 0 Å². The number of carbonyl (C=O) groups excluding carboxylic acids is 2. The van der Waals surface area contributed by atoms with Gasteiger partial charge in [0.15, 0.2) is 0 Å². The van der Waals surface area contributed by atoms with Crippen LogP contribution in [-0.4, -0.2) is 48.1 Å². The van der Waals surface area contributed by atoms with Crippen LogP contribution in [0.25, 0.3) is 0 Å². The number of carbonyl (C=O) groups is 2. The summed E-state index contributed by atoms with van der Waals surface area (Å²) in [6.07, 6.45) is 3.93. The summed E-state index contributed by atoms with van der Waals surface area (Å²) < 4.78 is 5.73. The largest absolute Gasteiger partial charge is 0.378 e. The van der Waals surface area contributed by atoms with Crippen LogP contribution in [0.15, 0.2) is 0 Å². The lowest BCUT2D eigenvalue weighted by Gasteiger charge is -2.35. The molecule has 0 aromatic heterocycles. The lowest BCUT2D eigenvalue weighted by atomic mass is 9.90. The zero-order valence-corrected chi connectivity index (χ0v) is 13.5. The van der Waals surface area contributed by atoms with Crippen LogP contribution in [-0.2, 0) is 14.3 Å². The third kappa shape index (κ3) is 3.23. The summed E-state index contributed by atoms with van der Waals surface area (Å²) in [6, 6.07) is 0. The predicted molar refractivity (Wildman–Crippen MR) is 80.8 cm³/mol. The number of nitrogens with one attached hydrogen (secondary N) is 1. The van der Waals surface area contributed by atoms with Gasteiger partial charge in [0.25, 0.3) is 0 Å².